The van der Waals surface area contributed by atoms with Crippen LogP contribution in [-0.4, -0.2) is 53.4 Å². The van der Waals surface area contributed by atoms with Gasteiger partial charge in [-0.15, -0.1) is 0 Å². The second-order valence-electron chi connectivity index (χ2n) is 7.47. The number of ketones is 1. The summed E-state index contributed by atoms with van der Waals surface area (Å²) in [4.78, 5) is 38.8. The number of piperidine rings is 1. The zero-order valence-corrected chi connectivity index (χ0v) is 16.6. The van der Waals surface area contributed by atoms with Crippen LogP contribution in [0.4, 0.5) is 5.69 Å². The van der Waals surface area contributed by atoms with E-state index in [-0.39, 0.29) is 23.6 Å². The quantitative estimate of drug-likeness (QED) is 0.814. The van der Waals surface area contributed by atoms with Gasteiger partial charge >= 0.3 is 0 Å². The molecule has 0 radical (unpaired) electrons. The van der Waals surface area contributed by atoms with E-state index in [4.69, 9.17) is 0 Å². The first-order chi connectivity index (χ1) is 13.5. The Kier molecular flexibility index (Phi) is 6.44. The molecule has 2 aliphatic heterocycles. The fourth-order valence-electron chi connectivity index (χ4n) is 3.76. The Balaban J connectivity index is 1.71. The number of benzene rings is 1. The van der Waals surface area contributed by atoms with Crippen molar-refractivity contribution in [1.29, 1.82) is 0 Å². The van der Waals surface area contributed by atoms with E-state index >= 15 is 0 Å². The number of anilines is 1. The highest BCUT2D eigenvalue weighted by Crippen LogP contribution is 2.26. The maximum absolute atomic E-state index is 13.0. The summed E-state index contributed by atoms with van der Waals surface area (Å²) in [6, 6.07) is 8.96. The van der Waals surface area contributed by atoms with Gasteiger partial charge in [-0.25, -0.2) is 0 Å². The number of likely N-dealkylation sites (tertiary alicyclic amines) is 1. The van der Waals surface area contributed by atoms with Crippen LogP contribution in [0.3, 0.4) is 0 Å². The Hall–Kier alpha value is -2.70. The van der Waals surface area contributed by atoms with Gasteiger partial charge < -0.3 is 10.2 Å². The van der Waals surface area contributed by atoms with Crippen molar-refractivity contribution in [3.63, 3.8) is 0 Å². The van der Waals surface area contributed by atoms with Crippen molar-refractivity contribution >= 4 is 29.0 Å². The van der Waals surface area contributed by atoms with Crippen molar-refractivity contribution in [2.24, 2.45) is 5.10 Å². The largest absolute Gasteiger partial charge is 0.352 e. The monoisotopic (exact) mass is 384 g/mol. The Labute approximate surface area is 165 Å². The molecule has 150 valence electrons. The van der Waals surface area contributed by atoms with Crippen molar-refractivity contribution in [3.05, 3.63) is 30.3 Å². The summed E-state index contributed by atoms with van der Waals surface area (Å²) in [5.74, 6) is -0.121. The average Bonchev–Trinajstić information content (AvgIpc) is 3.14. The molecular formula is C21H28N4O3. The third-order valence-corrected chi connectivity index (χ3v) is 5.20. The molecule has 0 bridgehead atoms. The number of hydrazone groups is 1. The molecule has 0 spiro atoms. The van der Waals surface area contributed by atoms with Crippen molar-refractivity contribution in [2.75, 3.05) is 18.1 Å². The number of amides is 2. The van der Waals surface area contributed by atoms with Crippen LogP contribution in [-0.2, 0) is 14.4 Å². The lowest BCUT2D eigenvalue weighted by atomic mass is 10.0. The molecule has 2 atom stereocenters. The number of rotatable bonds is 6. The lowest BCUT2D eigenvalue weighted by Crippen LogP contribution is -2.51. The summed E-state index contributed by atoms with van der Waals surface area (Å²) in [6.07, 6.45) is 3.34. The lowest BCUT2D eigenvalue weighted by molar-refractivity contribution is -0.127. The molecule has 0 aliphatic carbocycles. The minimum Gasteiger partial charge on any atom is -0.352 e. The van der Waals surface area contributed by atoms with Crippen molar-refractivity contribution in [1.82, 2.24) is 10.2 Å². The first kappa shape index (κ1) is 20.0. The smallest absolute Gasteiger partial charge is 0.270 e. The standard InChI is InChI=1S/C21H28N4O3/c1-3-8-20(27)22-16-9-7-12-24(14-16)21(28)18-13-19(15(2)26)25(23-18)17-10-5-4-6-11-17/h4-6,10-11,16,19H,3,7-9,12-14H2,1-2H3,(H,22,27). The summed E-state index contributed by atoms with van der Waals surface area (Å²) in [5, 5.41) is 9.17. The normalized spacial score (nSPS) is 22.0. The van der Waals surface area contributed by atoms with Crippen LogP contribution in [0.5, 0.6) is 0 Å². The van der Waals surface area contributed by atoms with Gasteiger partial charge in [0.15, 0.2) is 5.78 Å². The van der Waals surface area contributed by atoms with Crippen LogP contribution in [0.25, 0.3) is 0 Å². The third kappa shape index (κ3) is 4.58. The predicted octanol–water partition coefficient (Wildman–Crippen LogP) is 2.12. The van der Waals surface area contributed by atoms with Gasteiger partial charge in [0, 0.05) is 32.0 Å². The van der Waals surface area contributed by atoms with Gasteiger partial charge in [-0.2, -0.15) is 5.10 Å². The molecule has 1 aromatic carbocycles. The van der Waals surface area contributed by atoms with Gasteiger partial charge in [0.2, 0.25) is 5.91 Å². The van der Waals surface area contributed by atoms with Crippen LogP contribution in [0.2, 0.25) is 0 Å². The van der Waals surface area contributed by atoms with Crippen molar-refractivity contribution < 1.29 is 14.4 Å². The highest BCUT2D eigenvalue weighted by molar-refractivity contribution is 6.40. The fraction of sp³-hybridized carbons (Fsp3) is 0.524. The molecule has 0 aromatic heterocycles. The van der Waals surface area contributed by atoms with E-state index in [1.165, 1.54) is 6.92 Å². The van der Waals surface area contributed by atoms with Gasteiger partial charge in [-0.1, -0.05) is 25.1 Å². The molecular weight excluding hydrogens is 356 g/mol. The second-order valence-corrected chi connectivity index (χ2v) is 7.47. The number of hydrogen-bond donors (Lipinski definition) is 1. The van der Waals surface area contributed by atoms with Gasteiger partial charge in [-0.3, -0.25) is 19.4 Å². The summed E-state index contributed by atoms with van der Waals surface area (Å²) < 4.78 is 0. The minimum absolute atomic E-state index is 0.0150. The number of nitrogens with zero attached hydrogens (tertiary/aromatic N) is 3. The van der Waals surface area contributed by atoms with E-state index in [1.54, 1.807) is 9.91 Å². The van der Waals surface area contributed by atoms with E-state index < -0.39 is 6.04 Å². The summed E-state index contributed by atoms with van der Waals surface area (Å²) in [7, 11) is 0. The average molecular weight is 384 g/mol. The highest BCUT2D eigenvalue weighted by atomic mass is 16.2. The van der Waals surface area contributed by atoms with Gasteiger partial charge in [0.05, 0.1) is 5.69 Å². The minimum atomic E-state index is -0.453. The van der Waals surface area contributed by atoms with Crippen LogP contribution in [0, 0.1) is 0 Å². The van der Waals surface area contributed by atoms with E-state index in [1.807, 2.05) is 37.3 Å². The first-order valence-corrected chi connectivity index (χ1v) is 10.0. The number of carbonyl (C=O) groups excluding carboxylic acids is 3. The SMILES string of the molecule is CCCC(=O)NC1CCCN(C(=O)C2=NN(c3ccccc3)C(C(C)=O)C2)C1. The van der Waals surface area contributed by atoms with Crippen LogP contribution < -0.4 is 10.3 Å². The lowest BCUT2D eigenvalue weighted by Gasteiger charge is -2.33. The molecule has 1 aromatic rings. The Morgan fingerprint density at radius 1 is 1.21 bits per heavy atom. The summed E-state index contributed by atoms with van der Waals surface area (Å²) in [6.45, 7) is 4.64. The molecule has 2 unspecified atom stereocenters. The van der Waals surface area contributed by atoms with Gasteiger partial charge in [-0.05, 0) is 38.3 Å². The molecule has 2 aliphatic rings. The Morgan fingerprint density at radius 3 is 2.64 bits per heavy atom. The number of para-hydroxylation sites is 1. The molecule has 2 heterocycles. The van der Waals surface area contributed by atoms with E-state index in [0.717, 1.165) is 24.9 Å². The fourth-order valence-corrected chi connectivity index (χ4v) is 3.76. The van der Waals surface area contributed by atoms with E-state index in [0.29, 0.717) is 31.6 Å². The van der Waals surface area contributed by atoms with Gasteiger partial charge in [0.1, 0.15) is 11.8 Å². The molecule has 7 nitrogen and oxygen atoms in total. The predicted molar refractivity (Wildman–Crippen MR) is 108 cm³/mol. The topological polar surface area (TPSA) is 82.1 Å². The third-order valence-electron chi connectivity index (χ3n) is 5.20. The number of nitrogens with one attached hydrogen (secondary N) is 1. The molecule has 3 rings (SSSR count). The molecule has 1 fully saturated rings. The summed E-state index contributed by atoms with van der Waals surface area (Å²) >= 11 is 0. The zero-order valence-electron chi connectivity index (χ0n) is 16.6. The van der Waals surface area contributed by atoms with Crippen LogP contribution >= 0.6 is 0 Å². The van der Waals surface area contributed by atoms with E-state index in [2.05, 4.69) is 10.4 Å². The van der Waals surface area contributed by atoms with Crippen LogP contribution in [0.1, 0.15) is 46.0 Å². The maximum Gasteiger partial charge on any atom is 0.270 e. The van der Waals surface area contributed by atoms with Crippen LogP contribution in [0.15, 0.2) is 35.4 Å². The van der Waals surface area contributed by atoms with Gasteiger partial charge in [0.25, 0.3) is 5.91 Å². The molecule has 0 saturated carbocycles. The number of hydrogen-bond acceptors (Lipinski definition) is 5. The summed E-state index contributed by atoms with van der Waals surface area (Å²) in [5.41, 5.74) is 1.21. The molecule has 7 heteroatoms. The Bertz CT molecular complexity index is 762. The van der Waals surface area contributed by atoms with Crippen molar-refractivity contribution in [3.8, 4) is 0 Å². The second kappa shape index (κ2) is 8.99. The molecule has 1 saturated heterocycles. The number of carbonyl (C=O) groups is 3. The van der Waals surface area contributed by atoms with Crippen molar-refractivity contribution in [2.45, 2.75) is 58.0 Å². The van der Waals surface area contributed by atoms with E-state index in [9.17, 15) is 14.4 Å². The Morgan fingerprint density at radius 2 is 1.96 bits per heavy atom. The molecule has 2 amide bonds. The highest BCUT2D eigenvalue weighted by Gasteiger charge is 2.37. The zero-order chi connectivity index (χ0) is 20.1. The maximum atomic E-state index is 13.0. The first-order valence-electron chi connectivity index (χ1n) is 10.0. The number of Topliss-reactive ketones (excluding diaryl/α,β-unsaturated/α-hetero) is 1. The molecule has 1 N–H and O–H groups in total. The molecule has 28 heavy (non-hydrogen) atoms.